The van der Waals surface area contributed by atoms with Crippen LogP contribution in [0.15, 0.2) is 54.9 Å². The number of likely N-dealkylation sites (N-methyl/N-ethyl adjacent to an activating group) is 1. The summed E-state index contributed by atoms with van der Waals surface area (Å²) in [5.74, 6) is -0.303. The van der Waals surface area contributed by atoms with E-state index < -0.39 is 11.7 Å². The van der Waals surface area contributed by atoms with Gasteiger partial charge in [-0.15, -0.1) is 11.3 Å². The summed E-state index contributed by atoms with van der Waals surface area (Å²) in [5.41, 5.74) is 2.52. The SMILES string of the molecule is Cc1ccc(Nc2ccc(CN3CCN(C)CC3)c(C(F)(F)F)c2)cc1NC(=O)c1cc2nccnc2s1. The van der Waals surface area contributed by atoms with Gasteiger partial charge in [-0.3, -0.25) is 14.7 Å². The van der Waals surface area contributed by atoms with Gasteiger partial charge in [0.05, 0.1) is 10.4 Å². The Kier molecular flexibility index (Phi) is 7.33. The van der Waals surface area contributed by atoms with E-state index in [0.717, 1.165) is 37.8 Å². The van der Waals surface area contributed by atoms with Crippen LogP contribution in [0.3, 0.4) is 0 Å². The van der Waals surface area contributed by atoms with Gasteiger partial charge in [0.15, 0.2) is 0 Å². The van der Waals surface area contributed by atoms with E-state index in [1.807, 2.05) is 14.0 Å². The number of carbonyl (C=O) groups excluding carboxylic acids is 1. The molecule has 7 nitrogen and oxygen atoms in total. The Labute approximate surface area is 222 Å². The number of nitrogens with one attached hydrogen (secondary N) is 2. The second-order valence-electron chi connectivity index (χ2n) is 9.42. The largest absolute Gasteiger partial charge is 0.416 e. The molecule has 2 aromatic heterocycles. The number of benzene rings is 2. The summed E-state index contributed by atoms with van der Waals surface area (Å²) >= 11 is 1.24. The highest BCUT2D eigenvalue weighted by Gasteiger charge is 2.34. The number of aryl methyl sites for hydroxylation is 1. The van der Waals surface area contributed by atoms with E-state index in [1.165, 1.54) is 11.3 Å². The molecule has 1 fully saturated rings. The molecule has 0 saturated carbocycles. The van der Waals surface area contributed by atoms with Gasteiger partial charge in [-0.1, -0.05) is 12.1 Å². The van der Waals surface area contributed by atoms with E-state index in [2.05, 4.69) is 30.4 Å². The third-order valence-corrected chi connectivity index (χ3v) is 7.60. The highest BCUT2D eigenvalue weighted by Crippen LogP contribution is 2.35. The van der Waals surface area contributed by atoms with Gasteiger partial charge in [-0.25, -0.2) is 4.98 Å². The number of halogens is 3. The molecule has 0 bridgehead atoms. The first-order valence-corrected chi connectivity index (χ1v) is 13.0. The van der Waals surface area contributed by atoms with Crippen molar-refractivity contribution < 1.29 is 18.0 Å². The Bertz CT molecular complexity index is 1430. The van der Waals surface area contributed by atoms with Crippen molar-refractivity contribution in [3.8, 4) is 0 Å². The molecular weight excluding hydrogens is 513 g/mol. The Morgan fingerprint density at radius 2 is 1.71 bits per heavy atom. The second-order valence-corrected chi connectivity index (χ2v) is 10.4. The summed E-state index contributed by atoms with van der Waals surface area (Å²) in [4.78, 5) is 26.7. The molecule has 0 spiro atoms. The molecule has 1 aliphatic heterocycles. The van der Waals surface area contributed by atoms with Gasteiger partial charge in [0.1, 0.15) is 10.3 Å². The lowest BCUT2D eigenvalue weighted by atomic mass is 10.0. The van der Waals surface area contributed by atoms with Gasteiger partial charge in [0.25, 0.3) is 5.91 Å². The van der Waals surface area contributed by atoms with Gasteiger partial charge in [-0.2, -0.15) is 13.2 Å². The van der Waals surface area contributed by atoms with Crippen LogP contribution in [0.4, 0.5) is 30.2 Å². The molecule has 2 N–H and O–H groups in total. The number of thiophene rings is 1. The molecule has 3 heterocycles. The summed E-state index contributed by atoms with van der Waals surface area (Å²) in [6.45, 7) is 5.25. The molecule has 2 aromatic carbocycles. The highest BCUT2D eigenvalue weighted by atomic mass is 32.1. The summed E-state index contributed by atoms with van der Waals surface area (Å²) < 4.78 is 41.9. The van der Waals surface area contributed by atoms with Crippen molar-refractivity contribution in [1.82, 2.24) is 19.8 Å². The number of hydrogen-bond donors (Lipinski definition) is 2. The lowest BCUT2D eigenvalue weighted by molar-refractivity contribution is -0.138. The Morgan fingerprint density at radius 1 is 1.00 bits per heavy atom. The average molecular weight is 541 g/mol. The molecule has 11 heteroatoms. The van der Waals surface area contributed by atoms with Gasteiger partial charge in [-0.05, 0) is 55.4 Å². The van der Waals surface area contributed by atoms with E-state index in [-0.39, 0.29) is 18.0 Å². The van der Waals surface area contributed by atoms with Crippen LogP contribution in [-0.2, 0) is 12.7 Å². The van der Waals surface area contributed by atoms with Crippen molar-refractivity contribution in [3.63, 3.8) is 0 Å². The van der Waals surface area contributed by atoms with Crippen molar-refractivity contribution in [3.05, 3.63) is 76.4 Å². The molecule has 0 aliphatic carbocycles. The van der Waals surface area contributed by atoms with Crippen LogP contribution < -0.4 is 10.6 Å². The summed E-state index contributed by atoms with van der Waals surface area (Å²) in [6, 6.07) is 11.3. The van der Waals surface area contributed by atoms with Gasteiger partial charge < -0.3 is 15.5 Å². The second kappa shape index (κ2) is 10.7. The molecule has 5 rings (SSSR count). The molecule has 0 unspecified atom stereocenters. The normalized spacial score (nSPS) is 15.1. The number of rotatable bonds is 6. The maximum absolute atomic E-state index is 14.0. The van der Waals surface area contributed by atoms with Gasteiger partial charge in [0.2, 0.25) is 0 Å². The number of anilines is 3. The first-order valence-electron chi connectivity index (χ1n) is 12.2. The standard InChI is InChI=1S/C27H27F3N6OS/c1-17-3-5-20(14-22(17)34-25(37)24-15-23-26(38-24)32-8-7-31-23)33-19-6-4-18(21(13-19)27(28,29)30)16-36-11-9-35(2)10-12-36/h3-8,13-15,33H,9-12,16H2,1-2H3,(H,34,37). The third kappa shape index (κ3) is 5.95. The molecule has 4 aromatic rings. The van der Waals surface area contributed by atoms with Crippen molar-refractivity contribution in [1.29, 1.82) is 0 Å². The zero-order chi connectivity index (χ0) is 26.9. The van der Waals surface area contributed by atoms with Crippen LogP contribution in [0.1, 0.15) is 26.4 Å². The minimum atomic E-state index is -4.47. The van der Waals surface area contributed by atoms with E-state index in [1.54, 1.807) is 48.8 Å². The third-order valence-electron chi connectivity index (χ3n) is 6.57. The minimum Gasteiger partial charge on any atom is -0.355 e. The predicted molar refractivity (Wildman–Crippen MR) is 144 cm³/mol. The number of hydrogen-bond acceptors (Lipinski definition) is 7. The van der Waals surface area contributed by atoms with Crippen molar-refractivity contribution in [2.24, 2.45) is 0 Å². The maximum atomic E-state index is 14.0. The number of alkyl halides is 3. The van der Waals surface area contributed by atoms with Crippen LogP contribution in [-0.4, -0.2) is 58.9 Å². The number of aromatic nitrogens is 2. The minimum absolute atomic E-state index is 0.256. The monoisotopic (exact) mass is 540 g/mol. The highest BCUT2D eigenvalue weighted by molar-refractivity contribution is 7.20. The predicted octanol–water partition coefficient (Wildman–Crippen LogP) is 5.76. The van der Waals surface area contributed by atoms with E-state index in [9.17, 15) is 18.0 Å². The Hall–Kier alpha value is -3.54. The number of amides is 1. The quantitative estimate of drug-likeness (QED) is 0.324. The average Bonchev–Trinajstić information content (AvgIpc) is 3.32. The maximum Gasteiger partial charge on any atom is 0.416 e. The number of nitrogens with zero attached hydrogens (tertiary/aromatic N) is 4. The van der Waals surface area contributed by atoms with Crippen LogP contribution >= 0.6 is 11.3 Å². The van der Waals surface area contributed by atoms with Gasteiger partial charge in [0, 0.05) is 62.2 Å². The first kappa shape index (κ1) is 26.1. The van der Waals surface area contributed by atoms with Crippen LogP contribution in [0.25, 0.3) is 10.3 Å². The lowest BCUT2D eigenvalue weighted by Gasteiger charge is -2.33. The molecule has 1 aliphatic rings. The number of fused-ring (bicyclic) bond motifs is 1. The fourth-order valence-electron chi connectivity index (χ4n) is 4.37. The molecule has 38 heavy (non-hydrogen) atoms. The van der Waals surface area contributed by atoms with Crippen molar-refractivity contribution in [2.45, 2.75) is 19.6 Å². The lowest BCUT2D eigenvalue weighted by Crippen LogP contribution is -2.44. The topological polar surface area (TPSA) is 73.4 Å². The van der Waals surface area contributed by atoms with E-state index >= 15 is 0 Å². The first-order chi connectivity index (χ1) is 18.2. The zero-order valence-electron chi connectivity index (χ0n) is 21.0. The Balaban J connectivity index is 1.33. The summed E-state index contributed by atoms with van der Waals surface area (Å²) in [5, 5.41) is 5.96. The molecular formula is C27H27F3N6OS. The molecule has 1 saturated heterocycles. The van der Waals surface area contributed by atoms with Crippen molar-refractivity contribution >= 4 is 44.7 Å². The molecule has 0 radical (unpaired) electrons. The fourth-order valence-corrected chi connectivity index (χ4v) is 5.22. The zero-order valence-corrected chi connectivity index (χ0v) is 21.8. The smallest absolute Gasteiger partial charge is 0.355 e. The fraction of sp³-hybridized carbons (Fsp3) is 0.296. The van der Waals surface area contributed by atoms with Crippen LogP contribution in [0.5, 0.6) is 0 Å². The number of piperazine rings is 1. The molecule has 198 valence electrons. The van der Waals surface area contributed by atoms with E-state index in [0.29, 0.717) is 32.3 Å². The van der Waals surface area contributed by atoms with Crippen LogP contribution in [0.2, 0.25) is 0 Å². The summed E-state index contributed by atoms with van der Waals surface area (Å²) in [6.07, 6.45) is -1.33. The molecule has 0 atom stereocenters. The molecule has 1 amide bonds. The van der Waals surface area contributed by atoms with Crippen LogP contribution in [0, 0.1) is 6.92 Å². The number of carbonyl (C=O) groups is 1. The van der Waals surface area contributed by atoms with Crippen molar-refractivity contribution in [2.75, 3.05) is 43.9 Å². The Morgan fingerprint density at radius 3 is 2.45 bits per heavy atom. The van der Waals surface area contributed by atoms with Gasteiger partial charge >= 0.3 is 6.18 Å². The summed E-state index contributed by atoms with van der Waals surface area (Å²) in [7, 11) is 2.01. The van der Waals surface area contributed by atoms with E-state index in [4.69, 9.17) is 0 Å².